The molecule has 0 saturated carbocycles. The second-order valence-corrected chi connectivity index (χ2v) is 8.37. The number of rotatable bonds is 5. The summed E-state index contributed by atoms with van der Waals surface area (Å²) in [5, 5.41) is 0. The van der Waals surface area contributed by atoms with Gasteiger partial charge in [-0.25, -0.2) is 19.9 Å². The third-order valence-corrected chi connectivity index (χ3v) is 5.99. The number of hydrogen-bond donors (Lipinski definition) is 0. The van der Waals surface area contributed by atoms with E-state index in [0.29, 0.717) is 11.6 Å². The first-order valence-corrected chi connectivity index (χ1v) is 11.8. The van der Waals surface area contributed by atoms with Crippen LogP contribution in [0.4, 0.5) is 0 Å². The minimum absolute atomic E-state index is 0.689. The molecule has 0 amide bonds. The molecule has 36 heavy (non-hydrogen) atoms. The zero-order valence-corrected chi connectivity index (χ0v) is 19.5. The molecule has 6 aromatic rings. The Morgan fingerprint density at radius 1 is 0.361 bits per heavy atom. The van der Waals surface area contributed by atoms with Crippen LogP contribution < -0.4 is 0 Å². The molecule has 0 bridgehead atoms. The van der Waals surface area contributed by atoms with Crippen LogP contribution in [0.3, 0.4) is 0 Å². The van der Waals surface area contributed by atoms with Crippen molar-refractivity contribution in [3.63, 3.8) is 0 Å². The van der Waals surface area contributed by atoms with E-state index in [1.54, 1.807) is 0 Å². The molecule has 2 aromatic heterocycles. The Hall–Kier alpha value is -4.96. The van der Waals surface area contributed by atoms with E-state index >= 15 is 0 Å². The average molecular weight is 463 g/mol. The lowest BCUT2D eigenvalue weighted by atomic mass is 9.99. The molecule has 4 nitrogen and oxygen atoms in total. The van der Waals surface area contributed by atoms with E-state index in [0.717, 1.165) is 44.9 Å². The normalized spacial score (nSPS) is 10.8. The van der Waals surface area contributed by atoms with E-state index in [1.807, 2.05) is 103 Å². The Bertz CT molecular complexity index is 1560. The van der Waals surface area contributed by atoms with Gasteiger partial charge in [-0.1, -0.05) is 115 Å². The van der Waals surface area contributed by atoms with Crippen molar-refractivity contribution >= 4 is 0 Å². The summed E-state index contributed by atoms with van der Waals surface area (Å²) in [4.78, 5) is 19.3. The molecular weight excluding hydrogens is 440 g/mol. The largest absolute Gasteiger partial charge is 0.237 e. The minimum Gasteiger partial charge on any atom is -0.237 e. The van der Waals surface area contributed by atoms with Gasteiger partial charge in [0.05, 0.1) is 17.1 Å². The van der Waals surface area contributed by atoms with E-state index in [9.17, 15) is 0 Å². The number of hydrogen-bond acceptors (Lipinski definition) is 4. The van der Waals surface area contributed by atoms with Crippen molar-refractivity contribution < 1.29 is 0 Å². The molecule has 0 aliphatic carbocycles. The first-order chi connectivity index (χ1) is 17.8. The highest BCUT2D eigenvalue weighted by Crippen LogP contribution is 2.33. The summed E-state index contributed by atoms with van der Waals surface area (Å²) < 4.78 is 0. The minimum atomic E-state index is 0.689. The Morgan fingerprint density at radius 3 is 1.47 bits per heavy atom. The summed E-state index contributed by atoms with van der Waals surface area (Å²) in [5.74, 6) is 1.38. The predicted octanol–water partition coefficient (Wildman–Crippen LogP) is 7.60. The first-order valence-electron chi connectivity index (χ1n) is 11.8. The molecular formula is C32H22N4. The Balaban J connectivity index is 1.52. The summed E-state index contributed by atoms with van der Waals surface area (Å²) in [6.07, 6.45) is 1.81. The maximum absolute atomic E-state index is 5.01. The molecule has 0 unspecified atom stereocenters. The quantitative estimate of drug-likeness (QED) is 0.265. The van der Waals surface area contributed by atoms with Gasteiger partial charge in [0, 0.05) is 34.0 Å². The van der Waals surface area contributed by atoms with Crippen molar-refractivity contribution in [1.29, 1.82) is 0 Å². The van der Waals surface area contributed by atoms with Gasteiger partial charge in [0.25, 0.3) is 0 Å². The smallest absolute Gasteiger partial charge is 0.160 e. The van der Waals surface area contributed by atoms with Gasteiger partial charge >= 0.3 is 0 Å². The summed E-state index contributed by atoms with van der Waals surface area (Å²) in [6.45, 7) is 0. The van der Waals surface area contributed by atoms with Crippen LogP contribution >= 0.6 is 0 Å². The number of benzene rings is 4. The Kier molecular flexibility index (Phi) is 5.83. The molecule has 0 radical (unpaired) electrons. The van der Waals surface area contributed by atoms with E-state index in [4.69, 9.17) is 15.0 Å². The SMILES string of the molecule is c1ccc(-c2cc(-c3ccccc3-c3ccnc(-c4ccccc4)n3)nc(-c3ccccc3)n2)cc1. The lowest BCUT2D eigenvalue weighted by molar-refractivity contribution is 1.17. The van der Waals surface area contributed by atoms with Gasteiger partial charge in [-0.3, -0.25) is 0 Å². The van der Waals surface area contributed by atoms with Gasteiger partial charge in [0.1, 0.15) is 0 Å². The van der Waals surface area contributed by atoms with Crippen molar-refractivity contribution in [2.45, 2.75) is 0 Å². The lowest BCUT2D eigenvalue weighted by Crippen LogP contribution is -1.98. The van der Waals surface area contributed by atoms with Crippen molar-refractivity contribution in [1.82, 2.24) is 19.9 Å². The molecule has 170 valence electrons. The van der Waals surface area contributed by atoms with Crippen LogP contribution in [0.15, 0.2) is 134 Å². The molecule has 0 saturated heterocycles. The van der Waals surface area contributed by atoms with E-state index in [2.05, 4.69) is 35.3 Å². The standard InChI is InChI=1S/C32H22N4/c1-4-12-23(13-5-1)29-22-30(36-32(35-29)25-16-8-3-9-17-25)27-19-11-10-18-26(27)28-20-21-33-31(34-28)24-14-6-2-7-15-24/h1-22H. The maximum Gasteiger partial charge on any atom is 0.160 e. The molecule has 4 heteroatoms. The molecule has 2 heterocycles. The highest BCUT2D eigenvalue weighted by atomic mass is 14.9. The number of nitrogens with zero attached hydrogens (tertiary/aromatic N) is 4. The van der Waals surface area contributed by atoms with Crippen molar-refractivity contribution in [3.05, 3.63) is 134 Å². The lowest BCUT2D eigenvalue weighted by Gasteiger charge is -2.13. The van der Waals surface area contributed by atoms with Gasteiger partial charge in [-0.2, -0.15) is 0 Å². The summed E-state index contributed by atoms with van der Waals surface area (Å²) in [5.41, 5.74) is 7.56. The molecule has 0 atom stereocenters. The third-order valence-electron chi connectivity index (χ3n) is 5.99. The van der Waals surface area contributed by atoms with Crippen LogP contribution in [0, 0.1) is 0 Å². The number of aromatic nitrogens is 4. The van der Waals surface area contributed by atoms with Crippen LogP contribution in [-0.2, 0) is 0 Å². The van der Waals surface area contributed by atoms with Gasteiger partial charge in [0.15, 0.2) is 11.6 Å². The fourth-order valence-electron chi connectivity index (χ4n) is 4.22. The van der Waals surface area contributed by atoms with Crippen LogP contribution in [-0.4, -0.2) is 19.9 Å². The summed E-state index contributed by atoms with van der Waals surface area (Å²) in [7, 11) is 0. The molecule has 0 aliphatic heterocycles. The highest BCUT2D eigenvalue weighted by Gasteiger charge is 2.15. The van der Waals surface area contributed by atoms with Crippen molar-refractivity contribution in [3.8, 4) is 56.5 Å². The van der Waals surface area contributed by atoms with E-state index in [-0.39, 0.29) is 0 Å². The second kappa shape index (κ2) is 9.72. The fraction of sp³-hybridized carbons (Fsp3) is 0. The third kappa shape index (κ3) is 4.40. The molecule has 6 rings (SSSR count). The molecule has 0 aliphatic rings. The molecule has 0 spiro atoms. The summed E-state index contributed by atoms with van der Waals surface area (Å²) >= 11 is 0. The van der Waals surface area contributed by atoms with Crippen molar-refractivity contribution in [2.24, 2.45) is 0 Å². The molecule has 4 aromatic carbocycles. The zero-order valence-electron chi connectivity index (χ0n) is 19.5. The van der Waals surface area contributed by atoms with Gasteiger partial charge in [-0.15, -0.1) is 0 Å². The van der Waals surface area contributed by atoms with Crippen LogP contribution in [0.2, 0.25) is 0 Å². The zero-order chi connectivity index (χ0) is 24.2. The van der Waals surface area contributed by atoms with Crippen LogP contribution in [0.25, 0.3) is 56.5 Å². The average Bonchev–Trinajstić information content (AvgIpc) is 2.98. The maximum atomic E-state index is 5.01. The first kappa shape index (κ1) is 21.6. The van der Waals surface area contributed by atoms with Crippen molar-refractivity contribution in [2.75, 3.05) is 0 Å². The molecule has 0 fully saturated rings. The van der Waals surface area contributed by atoms with Crippen LogP contribution in [0.5, 0.6) is 0 Å². The fourth-order valence-corrected chi connectivity index (χ4v) is 4.22. The summed E-state index contributed by atoms with van der Waals surface area (Å²) in [6, 6.07) is 42.6. The van der Waals surface area contributed by atoms with E-state index in [1.165, 1.54) is 0 Å². The Labute approximate surface area is 210 Å². The predicted molar refractivity (Wildman–Crippen MR) is 145 cm³/mol. The molecule has 0 N–H and O–H groups in total. The highest BCUT2D eigenvalue weighted by molar-refractivity contribution is 5.83. The van der Waals surface area contributed by atoms with E-state index < -0.39 is 0 Å². The van der Waals surface area contributed by atoms with Crippen LogP contribution in [0.1, 0.15) is 0 Å². The van der Waals surface area contributed by atoms with Gasteiger partial charge in [-0.05, 0) is 12.1 Å². The van der Waals surface area contributed by atoms with Gasteiger partial charge in [0.2, 0.25) is 0 Å². The monoisotopic (exact) mass is 462 g/mol. The Morgan fingerprint density at radius 2 is 0.833 bits per heavy atom. The second-order valence-electron chi connectivity index (χ2n) is 8.37. The van der Waals surface area contributed by atoms with Gasteiger partial charge < -0.3 is 0 Å². The topological polar surface area (TPSA) is 51.6 Å².